The van der Waals surface area contributed by atoms with E-state index in [0.29, 0.717) is 12.3 Å². The van der Waals surface area contributed by atoms with Crippen LogP contribution in [0.4, 0.5) is 0 Å². The predicted octanol–water partition coefficient (Wildman–Crippen LogP) is 2.92. The number of aryl methyl sites for hydroxylation is 1. The number of piperidine rings is 1. The van der Waals surface area contributed by atoms with Gasteiger partial charge in [-0.05, 0) is 56.0 Å². The van der Waals surface area contributed by atoms with Crippen molar-refractivity contribution in [3.63, 3.8) is 0 Å². The largest absolute Gasteiger partial charge is 0.356 e. The molecule has 3 nitrogen and oxygen atoms in total. The van der Waals surface area contributed by atoms with E-state index in [1.165, 1.54) is 18.4 Å². The summed E-state index contributed by atoms with van der Waals surface area (Å²) in [6, 6.07) is 8.13. The Hall–Kier alpha value is -0.580. The highest BCUT2D eigenvalue weighted by atomic mass is 79.9. The first kappa shape index (κ1) is 17.5. The number of halogens is 2. The number of nitrogens with one attached hydrogen (secondary N) is 2. The molecule has 2 rings (SSSR count). The van der Waals surface area contributed by atoms with Crippen molar-refractivity contribution in [3.05, 3.63) is 34.3 Å². The maximum Gasteiger partial charge on any atom is 0.220 e. The van der Waals surface area contributed by atoms with Gasteiger partial charge in [-0.25, -0.2) is 0 Å². The van der Waals surface area contributed by atoms with E-state index in [4.69, 9.17) is 0 Å². The van der Waals surface area contributed by atoms with Crippen LogP contribution in [-0.4, -0.2) is 25.5 Å². The molecular weight excluding hydrogens is 340 g/mol. The quantitative estimate of drug-likeness (QED) is 0.846. The van der Waals surface area contributed by atoms with Gasteiger partial charge in [-0.2, -0.15) is 0 Å². The average Bonchev–Trinajstić information content (AvgIpc) is 2.44. The van der Waals surface area contributed by atoms with Crippen molar-refractivity contribution in [2.45, 2.75) is 25.7 Å². The fourth-order valence-corrected chi connectivity index (χ4v) is 2.84. The molecule has 0 aliphatic carbocycles. The molecule has 1 saturated heterocycles. The first-order valence-electron chi connectivity index (χ1n) is 6.96. The molecule has 2 N–H and O–H groups in total. The van der Waals surface area contributed by atoms with Gasteiger partial charge in [-0.3, -0.25) is 4.79 Å². The number of hydrogen-bond acceptors (Lipinski definition) is 2. The number of amides is 1. The number of carbonyl (C=O) groups is 1. The molecule has 5 heteroatoms. The zero-order chi connectivity index (χ0) is 13.5. The summed E-state index contributed by atoms with van der Waals surface area (Å²) in [5.74, 6) is 0.758. The zero-order valence-corrected chi connectivity index (χ0v) is 13.9. The summed E-state index contributed by atoms with van der Waals surface area (Å²) >= 11 is 3.44. The predicted molar refractivity (Wildman–Crippen MR) is 88.3 cm³/mol. The van der Waals surface area contributed by atoms with Crippen molar-refractivity contribution in [1.29, 1.82) is 0 Å². The second-order valence-electron chi connectivity index (χ2n) is 5.15. The second kappa shape index (κ2) is 9.37. The monoisotopic (exact) mass is 360 g/mol. The molecule has 1 atom stereocenters. The minimum absolute atomic E-state index is 0. The molecule has 0 radical (unpaired) electrons. The molecule has 0 aromatic heterocycles. The van der Waals surface area contributed by atoms with Crippen LogP contribution in [0.2, 0.25) is 0 Å². The van der Waals surface area contributed by atoms with E-state index in [9.17, 15) is 4.79 Å². The molecule has 1 amide bonds. The number of benzene rings is 1. The molecular formula is C15H22BrClN2O. The molecule has 0 saturated carbocycles. The van der Waals surface area contributed by atoms with Gasteiger partial charge in [-0.15, -0.1) is 12.4 Å². The van der Waals surface area contributed by atoms with Gasteiger partial charge in [0.25, 0.3) is 0 Å². The van der Waals surface area contributed by atoms with E-state index in [-0.39, 0.29) is 18.3 Å². The third-order valence-electron chi connectivity index (χ3n) is 3.52. The van der Waals surface area contributed by atoms with Crippen molar-refractivity contribution in [1.82, 2.24) is 10.6 Å². The van der Waals surface area contributed by atoms with Gasteiger partial charge >= 0.3 is 0 Å². The van der Waals surface area contributed by atoms with Crippen LogP contribution in [0.5, 0.6) is 0 Å². The lowest BCUT2D eigenvalue weighted by molar-refractivity contribution is -0.121. The fourth-order valence-electron chi connectivity index (χ4n) is 2.40. The number of carbonyl (C=O) groups excluding carboxylic acids is 1. The SMILES string of the molecule is Cl.O=C(CCc1cccc(Br)c1)NCC1CCCNC1. The Kier molecular flexibility index (Phi) is 8.19. The summed E-state index contributed by atoms with van der Waals surface area (Å²) in [5.41, 5.74) is 1.20. The lowest BCUT2D eigenvalue weighted by atomic mass is 10.00. The maximum atomic E-state index is 11.8. The Morgan fingerprint density at radius 1 is 1.45 bits per heavy atom. The van der Waals surface area contributed by atoms with Crippen molar-refractivity contribution >= 4 is 34.2 Å². The van der Waals surface area contributed by atoms with E-state index >= 15 is 0 Å². The van der Waals surface area contributed by atoms with Crippen molar-refractivity contribution in [2.24, 2.45) is 5.92 Å². The molecule has 1 fully saturated rings. The Balaban J connectivity index is 0.00000200. The molecule has 1 aliphatic rings. The van der Waals surface area contributed by atoms with E-state index in [2.05, 4.69) is 38.7 Å². The third-order valence-corrected chi connectivity index (χ3v) is 4.01. The van der Waals surface area contributed by atoms with Crippen LogP contribution < -0.4 is 10.6 Å². The van der Waals surface area contributed by atoms with E-state index in [1.807, 2.05) is 12.1 Å². The van der Waals surface area contributed by atoms with Crippen LogP contribution in [0.1, 0.15) is 24.8 Å². The summed E-state index contributed by atoms with van der Waals surface area (Å²) in [7, 11) is 0. The molecule has 0 spiro atoms. The summed E-state index contributed by atoms with van der Waals surface area (Å²) in [6.07, 6.45) is 3.81. The highest BCUT2D eigenvalue weighted by Gasteiger charge is 2.13. The lowest BCUT2D eigenvalue weighted by Gasteiger charge is -2.22. The van der Waals surface area contributed by atoms with Gasteiger partial charge in [0, 0.05) is 17.4 Å². The van der Waals surface area contributed by atoms with Gasteiger partial charge in [0.2, 0.25) is 5.91 Å². The molecule has 1 heterocycles. The minimum atomic E-state index is 0. The molecule has 0 bridgehead atoms. The normalized spacial score (nSPS) is 18.1. The Bertz CT molecular complexity index is 422. The first-order valence-corrected chi connectivity index (χ1v) is 7.75. The molecule has 112 valence electrons. The van der Waals surface area contributed by atoms with Crippen molar-refractivity contribution in [3.8, 4) is 0 Å². The van der Waals surface area contributed by atoms with Gasteiger partial charge in [-0.1, -0.05) is 28.1 Å². The third kappa shape index (κ3) is 6.25. The van der Waals surface area contributed by atoms with Crippen LogP contribution in [0.3, 0.4) is 0 Å². The summed E-state index contributed by atoms with van der Waals surface area (Å²) in [5, 5.41) is 6.41. The topological polar surface area (TPSA) is 41.1 Å². The minimum Gasteiger partial charge on any atom is -0.356 e. The molecule has 20 heavy (non-hydrogen) atoms. The molecule has 1 aromatic rings. The number of hydrogen-bond donors (Lipinski definition) is 2. The van der Waals surface area contributed by atoms with E-state index in [0.717, 1.165) is 30.5 Å². The molecule has 1 unspecified atom stereocenters. The standard InChI is InChI=1S/C15H21BrN2O.ClH/c16-14-5-1-3-12(9-14)6-7-15(19)18-11-13-4-2-8-17-10-13;/h1,3,5,9,13,17H,2,4,6-8,10-11H2,(H,18,19);1H. The zero-order valence-electron chi connectivity index (χ0n) is 11.5. The second-order valence-corrected chi connectivity index (χ2v) is 6.06. The summed E-state index contributed by atoms with van der Waals surface area (Å²) in [4.78, 5) is 11.8. The lowest BCUT2D eigenvalue weighted by Crippen LogP contribution is -2.38. The average molecular weight is 362 g/mol. The highest BCUT2D eigenvalue weighted by molar-refractivity contribution is 9.10. The molecule has 1 aliphatic heterocycles. The summed E-state index contributed by atoms with van der Waals surface area (Å²) < 4.78 is 1.07. The van der Waals surface area contributed by atoms with E-state index in [1.54, 1.807) is 0 Å². The Morgan fingerprint density at radius 3 is 3.00 bits per heavy atom. The smallest absolute Gasteiger partial charge is 0.220 e. The van der Waals surface area contributed by atoms with Gasteiger partial charge in [0.15, 0.2) is 0 Å². The van der Waals surface area contributed by atoms with Crippen LogP contribution in [-0.2, 0) is 11.2 Å². The van der Waals surface area contributed by atoms with Crippen molar-refractivity contribution < 1.29 is 4.79 Å². The Labute approximate surface area is 135 Å². The number of rotatable bonds is 5. The maximum absolute atomic E-state index is 11.8. The summed E-state index contributed by atoms with van der Waals surface area (Å²) in [6.45, 7) is 2.96. The highest BCUT2D eigenvalue weighted by Crippen LogP contribution is 2.13. The Morgan fingerprint density at radius 2 is 2.30 bits per heavy atom. The first-order chi connectivity index (χ1) is 9.24. The van der Waals surface area contributed by atoms with Gasteiger partial charge in [0.1, 0.15) is 0 Å². The van der Waals surface area contributed by atoms with Gasteiger partial charge < -0.3 is 10.6 Å². The van der Waals surface area contributed by atoms with E-state index < -0.39 is 0 Å². The van der Waals surface area contributed by atoms with Crippen LogP contribution in [0, 0.1) is 5.92 Å². The van der Waals surface area contributed by atoms with Crippen molar-refractivity contribution in [2.75, 3.05) is 19.6 Å². The molecule has 1 aromatic carbocycles. The van der Waals surface area contributed by atoms with Crippen LogP contribution in [0.15, 0.2) is 28.7 Å². The van der Waals surface area contributed by atoms with Crippen LogP contribution in [0.25, 0.3) is 0 Å². The van der Waals surface area contributed by atoms with Gasteiger partial charge in [0.05, 0.1) is 0 Å². The van der Waals surface area contributed by atoms with Crippen LogP contribution >= 0.6 is 28.3 Å². The fraction of sp³-hybridized carbons (Fsp3) is 0.533.